The third-order valence-electron chi connectivity index (χ3n) is 9.26. The molecular weight excluding hydrogens is 606 g/mol. The first-order chi connectivity index (χ1) is 21.9. The molecule has 0 aromatic heterocycles. The molecule has 5 rings (SSSR count). The molecule has 2 aromatic carbocycles. The van der Waals surface area contributed by atoms with Crippen LogP contribution in [-0.4, -0.2) is 95.8 Å². The van der Waals surface area contributed by atoms with E-state index in [0.717, 1.165) is 24.9 Å². The molecule has 2 saturated heterocycles. The van der Waals surface area contributed by atoms with Crippen LogP contribution in [0, 0.1) is 5.92 Å². The van der Waals surface area contributed by atoms with Gasteiger partial charge in [-0.05, 0) is 75.8 Å². The minimum absolute atomic E-state index is 0.0432. The van der Waals surface area contributed by atoms with Gasteiger partial charge in [-0.25, -0.2) is 0 Å². The molecule has 1 saturated carbocycles. The molecular formula is C35H46ClN5O5. The van der Waals surface area contributed by atoms with Crippen molar-refractivity contribution in [3.05, 3.63) is 64.7 Å². The standard InChI is InChI=1S/C35H46ClN5O5/c1-23(2)19-27(37-32(43)26-20-25(36)12-13-30(26)46-22-31(42)38-35(3)14-15-35)33(44)41-16-8-11-28(41)34(45)40-18-17-39(4)29(21-40)24-9-6-5-7-10-24/h5-7,9-10,12-13,20,23,27-29H,8,11,14-19,21-22H2,1-4H3,(H,37,43)(H,38,42)/t27-,28-,29-/m1/s1. The maximum absolute atomic E-state index is 14.1. The van der Waals surface area contributed by atoms with Crippen molar-refractivity contribution in [3.8, 4) is 5.75 Å². The van der Waals surface area contributed by atoms with Gasteiger partial charge in [-0.3, -0.25) is 24.1 Å². The number of rotatable bonds is 11. The van der Waals surface area contributed by atoms with Crippen molar-refractivity contribution in [1.82, 2.24) is 25.3 Å². The van der Waals surface area contributed by atoms with Crippen LogP contribution >= 0.6 is 11.6 Å². The van der Waals surface area contributed by atoms with Gasteiger partial charge in [0, 0.05) is 36.7 Å². The summed E-state index contributed by atoms with van der Waals surface area (Å²) in [7, 11) is 2.07. The van der Waals surface area contributed by atoms with Crippen LogP contribution in [0.15, 0.2) is 48.5 Å². The molecule has 0 bridgehead atoms. The van der Waals surface area contributed by atoms with E-state index >= 15 is 0 Å². The van der Waals surface area contributed by atoms with E-state index in [1.807, 2.05) is 43.9 Å². The smallest absolute Gasteiger partial charge is 0.258 e. The quantitative estimate of drug-likeness (QED) is 0.380. The highest BCUT2D eigenvalue weighted by Gasteiger charge is 2.42. The molecule has 2 N–H and O–H groups in total. The van der Waals surface area contributed by atoms with Crippen molar-refractivity contribution in [1.29, 1.82) is 0 Å². The van der Waals surface area contributed by atoms with Gasteiger partial charge < -0.3 is 25.2 Å². The second-order valence-electron chi connectivity index (χ2n) is 13.6. The zero-order valence-electron chi connectivity index (χ0n) is 27.3. The Morgan fingerprint density at radius 3 is 2.48 bits per heavy atom. The number of benzene rings is 2. The number of hydrogen-bond donors (Lipinski definition) is 2. The Hall–Kier alpha value is -3.63. The normalized spacial score (nSPS) is 21.5. The van der Waals surface area contributed by atoms with Crippen molar-refractivity contribution in [3.63, 3.8) is 0 Å². The van der Waals surface area contributed by atoms with Crippen LogP contribution in [-0.2, 0) is 14.4 Å². The van der Waals surface area contributed by atoms with Gasteiger partial charge >= 0.3 is 0 Å². The SMILES string of the molecule is CC(C)C[C@@H](NC(=O)c1cc(Cl)ccc1OCC(=O)NC1(C)CC1)C(=O)N1CCC[C@@H]1C(=O)N1CCN(C)[C@@H](c2ccccc2)C1. The van der Waals surface area contributed by atoms with E-state index in [1.165, 1.54) is 6.07 Å². The topological polar surface area (TPSA) is 111 Å². The molecule has 3 fully saturated rings. The van der Waals surface area contributed by atoms with E-state index in [9.17, 15) is 19.2 Å². The van der Waals surface area contributed by atoms with Gasteiger partial charge in [0.25, 0.3) is 11.8 Å². The Labute approximate surface area is 276 Å². The third kappa shape index (κ3) is 8.20. The zero-order valence-corrected chi connectivity index (χ0v) is 28.0. The van der Waals surface area contributed by atoms with E-state index < -0.39 is 18.0 Å². The highest BCUT2D eigenvalue weighted by Crippen LogP contribution is 2.34. The fraction of sp³-hybridized carbons (Fsp3) is 0.543. The molecule has 11 heteroatoms. The summed E-state index contributed by atoms with van der Waals surface area (Å²) < 4.78 is 5.76. The second-order valence-corrected chi connectivity index (χ2v) is 14.0. The fourth-order valence-corrected chi connectivity index (χ4v) is 6.54. The number of ether oxygens (including phenoxy) is 1. The fourth-order valence-electron chi connectivity index (χ4n) is 6.37. The van der Waals surface area contributed by atoms with Gasteiger partial charge in [-0.15, -0.1) is 0 Å². The number of nitrogens with zero attached hydrogens (tertiary/aromatic N) is 3. The molecule has 3 atom stereocenters. The number of hydrogen-bond acceptors (Lipinski definition) is 6. The van der Waals surface area contributed by atoms with Crippen LogP contribution in [0.3, 0.4) is 0 Å². The Balaban J connectivity index is 1.28. The number of carbonyl (C=O) groups is 4. The number of piperazine rings is 1. The largest absolute Gasteiger partial charge is 0.483 e. The number of amides is 4. The van der Waals surface area contributed by atoms with Crippen LogP contribution in [0.2, 0.25) is 5.02 Å². The molecule has 10 nitrogen and oxygen atoms in total. The summed E-state index contributed by atoms with van der Waals surface area (Å²) in [5.74, 6) is -0.817. The van der Waals surface area contributed by atoms with Crippen LogP contribution in [0.1, 0.15) is 74.8 Å². The number of likely N-dealkylation sites (N-methyl/N-ethyl adjacent to an activating group) is 1. The number of likely N-dealkylation sites (tertiary alicyclic amines) is 1. The van der Waals surface area contributed by atoms with Crippen molar-refractivity contribution < 1.29 is 23.9 Å². The van der Waals surface area contributed by atoms with Gasteiger partial charge in [-0.1, -0.05) is 55.8 Å². The summed E-state index contributed by atoms with van der Waals surface area (Å²) in [5.41, 5.74) is 1.11. The maximum Gasteiger partial charge on any atom is 0.258 e. The second kappa shape index (κ2) is 14.4. The first-order valence-corrected chi connectivity index (χ1v) is 16.7. The molecule has 2 heterocycles. The van der Waals surface area contributed by atoms with E-state index in [4.69, 9.17) is 16.3 Å². The van der Waals surface area contributed by atoms with Gasteiger partial charge in [0.15, 0.2) is 6.61 Å². The van der Waals surface area contributed by atoms with Crippen molar-refractivity contribution in [2.24, 2.45) is 5.92 Å². The molecule has 0 unspecified atom stereocenters. The van der Waals surface area contributed by atoms with E-state index in [1.54, 1.807) is 17.0 Å². The van der Waals surface area contributed by atoms with Crippen LogP contribution in [0.25, 0.3) is 0 Å². The van der Waals surface area contributed by atoms with E-state index in [0.29, 0.717) is 43.9 Å². The van der Waals surface area contributed by atoms with Gasteiger partial charge in [0.1, 0.15) is 17.8 Å². The van der Waals surface area contributed by atoms with Crippen LogP contribution in [0.4, 0.5) is 0 Å². The van der Waals surface area contributed by atoms with Crippen molar-refractivity contribution >= 4 is 35.2 Å². The maximum atomic E-state index is 14.1. The molecule has 2 aromatic rings. The summed E-state index contributed by atoms with van der Waals surface area (Å²) in [6.07, 6.45) is 3.54. The van der Waals surface area contributed by atoms with Gasteiger partial charge in [0.2, 0.25) is 11.8 Å². The summed E-state index contributed by atoms with van der Waals surface area (Å²) in [5, 5.41) is 6.18. The summed E-state index contributed by atoms with van der Waals surface area (Å²) in [4.78, 5) is 60.0. The molecule has 2 aliphatic heterocycles. The molecule has 46 heavy (non-hydrogen) atoms. The first-order valence-electron chi connectivity index (χ1n) is 16.3. The van der Waals surface area contributed by atoms with Crippen molar-refractivity contribution in [2.75, 3.05) is 39.8 Å². The minimum atomic E-state index is -0.851. The highest BCUT2D eigenvalue weighted by atomic mass is 35.5. The average molecular weight is 652 g/mol. The Morgan fingerprint density at radius 1 is 1.04 bits per heavy atom. The zero-order chi connectivity index (χ0) is 33.0. The molecule has 0 spiro atoms. The summed E-state index contributed by atoms with van der Waals surface area (Å²) in [6.45, 7) is 8.04. The number of nitrogens with one attached hydrogen (secondary N) is 2. The van der Waals surface area contributed by atoms with Crippen LogP contribution in [0.5, 0.6) is 5.75 Å². The lowest BCUT2D eigenvalue weighted by Gasteiger charge is -2.41. The lowest BCUT2D eigenvalue weighted by molar-refractivity contribution is -0.146. The molecule has 0 radical (unpaired) electrons. The Kier molecular flexibility index (Phi) is 10.6. The lowest BCUT2D eigenvalue weighted by Crippen LogP contribution is -2.57. The van der Waals surface area contributed by atoms with E-state index in [-0.39, 0.29) is 53.1 Å². The third-order valence-corrected chi connectivity index (χ3v) is 9.50. The first kappa shape index (κ1) is 33.7. The molecule has 4 amide bonds. The van der Waals surface area contributed by atoms with Gasteiger partial charge in [0.05, 0.1) is 11.6 Å². The monoisotopic (exact) mass is 651 g/mol. The summed E-state index contributed by atoms with van der Waals surface area (Å²) in [6, 6.07) is 13.4. The Bertz CT molecular complexity index is 1430. The predicted octanol–water partition coefficient (Wildman–Crippen LogP) is 4.04. The molecule has 3 aliphatic rings. The molecule has 1 aliphatic carbocycles. The van der Waals surface area contributed by atoms with Crippen LogP contribution < -0.4 is 15.4 Å². The summed E-state index contributed by atoms with van der Waals surface area (Å²) >= 11 is 6.26. The highest BCUT2D eigenvalue weighted by molar-refractivity contribution is 6.31. The number of carbonyl (C=O) groups excluding carboxylic acids is 4. The minimum Gasteiger partial charge on any atom is -0.483 e. The van der Waals surface area contributed by atoms with Crippen molar-refractivity contribution in [2.45, 2.75) is 76.5 Å². The van der Waals surface area contributed by atoms with Gasteiger partial charge in [-0.2, -0.15) is 0 Å². The lowest BCUT2D eigenvalue weighted by atomic mass is 10.0. The molecule has 248 valence electrons. The van der Waals surface area contributed by atoms with E-state index in [2.05, 4.69) is 34.7 Å². The Morgan fingerprint density at radius 2 is 1.78 bits per heavy atom. The average Bonchev–Trinajstić information content (AvgIpc) is 3.54. The predicted molar refractivity (Wildman–Crippen MR) is 177 cm³/mol. The number of halogens is 1.